The Bertz CT molecular complexity index is 1910. The Kier molecular flexibility index (Phi) is 8.89. The van der Waals surface area contributed by atoms with Crippen LogP contribution in [0.4, 0.5) is 0 Å². The fourth-order valence-corrected chi connectivity index (χ4v) is 5.24. The number of rotatable bonds is 9. The summed E-state index contributed by atoms with van der Waals surface area (Å²) >= 11 is 0. The zero-order valence-electron chi connectivity index (χ0n) is 24.7. The Hall–Kier alpha value is -5.74. The summed E-state index contributed by atoms with van der Waals surface area (Å²) in [6.45, 7) is -0.369. The number of hydrogen-bond donors (Lipinski definition) is 0. The van der Waals surface area contributed by atoms with Gasteiger partial charge in [-0.25, -0.2) is 14.4 Å². The molecule has 2 heterocycles. The molecule has 4 atom stereocenters. The van der Waals surface area contributed by atoms with E-state index in [1.807, 2.05) is 0 Å². The molecular weight excluding hydrogens is 590 g/mol. The Morgan fingerprint density at radius 1 is 0.696 bits per heavy atom. The number of esters is 3. The maximum atomic E-state index is 13.9. The molecule has 0 aliphatic carbocycles. The van der Waals surface area contributed by atoms with E-state index in [0.29, 0.717) is 22.1 Å². The number of benzene rings is 4. The summed E-state index contributed by atoms with van der Waals surface area (Å²) in [4.78, 5) is 53.5. The van der Waals surface area contributed by atoms with Crippen LogP contribution in [-0.4, -0.2) is 54.5 Å². The van der Waals surface area contributed by atoms with E-state index in [1.54, 1.807) is 115 Å². The van der Waals surface area contributed by atoms with Crippen molar-refractivity contribution in [3.8, 4) is 5.75 Å². The number of ether oxygens (including phenoxy) is 5. The van der Waals surface area contributed by atoms with Crippen molar-refractivity contribution in [3.63, 3.8) is 0 Å². The van der Waals surface area contributed by atoms with Crippen molar-refractivity contribution in [1.82, 2.24) is 4.57 Å². The highest BCUT2D eigenvalue weighted by atomic mass is 16.7. The second kappa shape index (κ2) is 13.5. The summed E-state index contributed by atoms with van der Waals surface area (Å²) in [5.41, 5.74) is 0.330. The van der Waals surface area contributed by atoms with Gasteiger partial charge in [-0.2, -0.15) is 0 Å². The molecule has 1 aliphatic heterocycles. The minimum atomic E-state index is -1.32. The first kappa shape index (κ1) is 30.3. The largest absolute Gasteiger partial charge is 0.497 e. The number of carbonyl (C=O) groups is 3. The molecule has 232 valence electrons. The molecule has 0 radical (unpaired) electrons. The van der Waals surface area contributed by atoms with Gasteiger partial charge in [0.05, 0.1) is 29.2 Å². The zero-order valence-corrected chi connectivity index (χ0v) is 24.7. The van der Waals surface area contributed by atoms with Gasteiger partial charge in [0.2, 0.25) is 0 Å². The van der Waals surface area contributed by atoms with E-state index in [4.69, 9.17) is 23.7 Å². The molecule has 10 heteroatoms. The summed E-state index contributed by atoms with van der Waals surface area (Å²) < 4.78 is 30.4. The maximum absolute atomic E-state index is 13.9. The van der Waals surface area contributed by atoms with Gasteiger partial charge in [0.25, 0.3) is 5.56 Å². The predicted molar refractivity (Wildman–Crippen MR) is 167 cm³/mol. The molecule has 4 aromatic carbocycles. The van der Waals surface area contributed by atoms with Crippen LogP contribution in [-0.2, 0) is 18.9 Å². The molecule has 1 aliphatic rings. The standard InChI is InChI=1S/C36H29NO9/c1-42-27-18-17-23-19-20-37(32(38)28(23)21-27)33-31(46-36(41)26-15-9-4-10-16-26)30(45-35(40)25-13-7-3-8-14-25)29(44-33)22-43-34(39)24-11-5-2-6-12-24/h2-21,29-31,33H,22H2,1H3/t29-,30+,31-,33-/m1/s1. The van der Waals surface area contributed by atoms with Crippen molar-refractivity contribution in [1.29, 1.82) is 0 Å². The molecule has 1 fully saturated rings. The number of fused-ring (bicyclic) bond motifs is 1. The minimum absolute atomic E-state index is 0.240. The smallest absolute Gasteiger partial charge is 0.338 e. The quantitative estimate of drug-likeness (QED) is 0.162. The van der Waals surface area contributed by atoms with Crippen LogP contribution in [0.15, 0.2) is 126 Å². The second-order valence-electron chi connectivity index (χ2n) is 10.5. The summed E-state index contributed by atoms with van der Waals surface area (Å²) in [5, 5.41) is 0.980. The molecule has 5 aromatic rings. The van der Waals surface area contributed by atoms with E-state index in [1.165, 1.54) is 17.9 Å². The molecule has 0 N–H and O–H groups in total. The third-order valence-corrected chi connectivity index (χ3v) is 7.59. The van der Waals surface area contributed by atoms with Gasteiger partial charge in [0.15, 0.2) is 18.4 Å². The molecule has 10 nitrogen and oxygen atoms in total. The van der Waals surface area contributed by atoms with Crippen LogP contribution in [0.2, 0.25) is 0 Å². The van der Waals surface area contributed by atoms with Gasteiger partial charge in [0.1, 0.15) is 18.5 Å². The van der Waals surface area contributed by atoms with E-state index in [2.05, 4.69) is 0 Å². The Labute approximate surface area is 263 Å². The summed E-state index contributed by atoms with van der Waals surface area (Å²) in [5.74, 6) is -1.60. The van der Waals surface area contributed by atoms with Gasteiger partial charge < -0.3 is 23.7 Å². The third kappa shape index (κ3) is 6.38. The zero-order chi connectivity index (χ0) is 32.0. The van der Waals surface area contributed by atoms with Gasteiger partial charge in [0, 0.05) is 6.20 Å². The van der Waals surface area contributed by atoms with Crippen LogP contribution in [0.1, 0.15) is 37.3 Å². The van der Waals surface area contributed by atoms with Gasteiger partial charge in [-0.3, -0.25) is 9.36 Å². The lowest BCUT2D eigenvalue weighted by Gasteiger charge is -2.25. The molecule has 0 bridgehead atoms. The SMILES string of the molecule is COc1ccc2ccn([C@@H]3O[C@H](COC(=O)c4ccccc4)[C@H](OC(=O)c4ccccc4)[C@H]3OC(=O)c3ccccc3)c(=O)c2c1. The third-order valence-electron chi connectivity index (χ3n) is 7.59. The van der Waals surface area contributed by atoms with E-state index >= 15 is 0 Å². The fraction of sp³-hybridized carbons (Fsp3) is 0.167. The van der Waals surface area contributed by atoms with Crippen molar-refractivity contribution >= 4 is 28.7 Å². The topological polar surface area (TPSA) is 119 Å². The first-order valence-electron chi connectivity index (χ1n) is 14.5. The van der Waals surface area contributed by atoms with E-state index in [0.717, 1.165) is 0 Å². The number of aromatic nitrogens is 1. The molecule has 0 saturated carbocycles. The molecule has 0 spiro atoms. The first-order chi connectivity index (χ1) is 22.4. The first-order valence-corrected chi connectivity index (χ1v) is 14.5. The van der Waals surface area contributed by atoms with Crippen molar-refractivity contribution < 1.29 is 38.1 Å². The van der Waals surface area contributed by atoms with Crippen LogP contribution >= 0.6 is 0 Å². The second-order valence-corrected chi connectivity index (χ2v) is 10.5. The van der Waals surface area contributed by atoms with Gasteiger partial charge in [-0.1, -0.05) is 60.7 Å². The summed E-state index contributed by atoms with van der Waals surface area (Å²) in [6.07, 6.45) is -3.46. The normalized spacial score (nSPS) is 18.9. The highest BCUT2D eigenvalue weighted by Crippen LogP contribution is 2.35. The average Bonchev–Trinajstić information content (AvgIpc) is 3.43. The Balaban J connectivity index is 1.40. The van der Waals surface area contributed by atoms with Crippen molar-refractivity contribution in [2.75, 3.05) is 13.7 Å². The van der Waals surface area contributed by atoms with E-state index < -0.39 is 48.0 Å². The monoisotopic (exact) mass is 619 g/mol. The van der Waals surface area contributed by atoms with Crippen LogP contribution < -0.4 is 10.3 Å². The molecule has 1 saturated heterocycles. The minimum Gasteiger partial charge on any atom is -0.497 e. The van der Waals surface area contributed by atoms with Crippen LogP contribution in [0.3, 0.4) is 0 Å². The van der Waals surface area contributed by atoms with E-state index in [9.17, 15) is 19.2 Å². The number of hydrogen-bond acceptors (Lipinski definition) is 9. The number of nitrogens with zero attached hydrogens (tertiary/aromatic N) is 1. The summed E-state index contributed by atoms with van der Waals surface area (Å²) in [7, 11) is 1.49. The predicted octanol–water partition coefficient (Wildman–Crippen LogP) is 5.22. The van der Waals surface area contributed by atoms with Gasteiger partial charge in [-0.15, -0.1) is 0 Å². The van der Waals surface area contributed by atoms with Crippen LogP contribution in [0, 0.1) is 0 Å². The van der Waals surface area contributed by atoms with Crippen molar-refractivity contribution in [2.45, 2.75) is 24.5 Å². The molecule has 0 unspecified atom stereocenters. The van der Waals surface area contributed by atoms with Crippen LogP contribution in [0.5, 0.6) is 5.75 Å². The highest BCUT2D eigenvalue weighted by Gasteiger charge is 2.51. The number of carbonyl (C=O) groups excluding carboxylic acids is 3. The maximum Gasteiger partial charge on any atom is 0.338 e. The average molecular weight is 620 g/mol. The summed E-state index contributed by atoms with van der Waals surface area (Å²) in [6, 6.07) is 31.7. The highest BCUT2D eigenvalue weighted by molar-refractivity contribution is 5.91. The molecule has 46 heavy (non-hydrogen) atoms. The van der Waals surface area contributed by atoms with Crippen molar-refractivity contribution in [2.24, 2.45) is 0 Å². The van der Waals surface area contributed by atoms with Gasteiger partial charge >= 0.3 is 17.9 Å². The fourth-order valence-electron chi connectivity index (χ4n) is 5.24. The molecule has 6 rings (SSSR count). The Morgan fingerprint density at radius 2 is 1.24 bits per heavy atom. The lowest BCUT2D eigenvalue weighted by atomic mass is 10.1. The molecule has 0 amide bonds. The van der Waals surface area contributed by atoms with Gasteiger partial charge in [-0.05, 0) is 60.0 Å². The van der Waals surface area contributed by atoms with Crippen molar-refractivity contribution in [3.05, 3.63) is 149 Å². The lowest BCUT2D eigenvalue weighted by Crippen LogP contribution is -2.42. The molecule has 1 aromatic heterocycles. The van der Waals surface area contributed by atoms with Crippen LogP contribution in [0.25, 0.3) is 10.8 Å². The number of methoxy groups -OCH3 is 1. The Morgan fingerprint density at radius 3 is 1.80 bits per heavy atom. The number of pyridine rings is 1. The lowest BCUT2D eigenvalue weighted by molar-refractivity contribution is -0.0632. The van der Waals surface area contributed by atoms with E-state index in [-0.39, 0.29) is 17.7 Å². The molecular formula is C36H29NO9.